The van der Waals surface area contributed by atoms with Crippen molar-refractivity contribution in [2.45, 2.75) is 64.0 Å². The summed E-state index contributed by atoms with van der Waals surface area (Å²) in [5, 5.41) is 10.0. The molecule has 2 atom stereocenters. The Morgan fingerprint density at radius 3 is 2.75 bits per heavy atom. The van der Waals surface area contributed by atoms with Gasteiger partial charge in [0.05, 0.1) is 17.8 Å². The van der Waals surface area contributed by atoms with Gasteiger partial charge in [-0.1, -0.05) is 0 Å². The van der Waals surface area contributed by atoms with Gasteiger partial charge < -0.3 is 9.67 Å². The number of aromatic nitrogens is 2. The Bertz CT molecular complexity index is 397. The van der Waals surface area contributed by atoms with E-state index in [1.54, 1.807) is 0 Å². The van der Waals surface area contributed by atoms with Crippen LogP contribution in [0.3, 0.4) is 0 Å². The van der Waals surface area contributed by atoms with E-state index in [9.17, 15) is 5.11 Å². The number of aliphatic hydroxyl groups excluding tert-OH is 1. The maximum absolute atomic E-state index is 10.0. The van der Waals surface area contributed by atoms with Gasteiger partial charge in [0.2, 0.25) is 0 Å². The predicted molar refractivity (Wildman–Crippen MR) is 62.5 cm³/mol. The third kappa shape index (κ3) is 1.49. The summed E-state index contributed by atoms with van der Waals surface area (Å²) in [5.41, 5.74) is 2.71. The second-order valence-corrected chi connectivity index (χ2v) is 5.20. The smallest absolute Gasteiger partial charge is 0.106 e. The first-order valence-corrected chi connectivity index (χ1v) is 6.52. The van der Waals surface area contributed by atoms with Crippen molar-refractivity contribution in [2.24, 2.45) is 0 Å². The summed E-state index contributed by atoms with van der Waals surface area (Å²) < 4.78 is 2.34. The van der Waals surface area contributed by atoms with Crippen LogP contribution in [0.4, 0.5) is 0 Å². The van der Waals surface area contributed by atoms with Crippen LogP contribution in [0.2, 0.25) is 0 Å². The van der Waals surface area contributed by atoms with Crippen LogP contribution in [-0.4, -0.2) is 20.8 Å². The van der Waals surface area contributed by atoms with E-state index in [0.717, 1.165) is 37.9 Å². The highest BCUT2D eigenvalue weighted by Gasteiger charge is 2.31. The Morgan fingerprint density at radius 2 is 2.00 bits per heavy atom. The second-order valence-electron chi connectivity index (χ2n) is 5.20. The molecule has 1 fully saturated rings. The highest BCUT2D eigenvalue weighted by molar-refractivity contribution is 5.21. The SMILES string of the molecule is Cc1nc2c(n1C1CCCC1O)CCCC2. The van der Waals surface area contributed by atoms with Gasteiger partial charge in [0.25, 0.3) is 0 Å². The lowest BCUT2D eigenvalue weighted by atomic mass is 10.0. The van der Waals surface area contributed by atoms with Crippen molar-refractivity contribution in [1.82, 2.24) is 9.55 Å². The molecular formula is C13H20N2O. The number of aryl methyl sites for hydroxylation is 2. The molecule has 1 aromatic rings. The summed E-state index contributed by atoms with van der Waals surface area (Å²) in [6.07, 6.45) is 7.90. The molecule has 1 heterocycles. The molecule has 2 aliphatic rings. The van der Waals surface area contributed by atoms with Crippen molar-refractivity contribution in [3.63, 3.8) is 0 Å². The first kappa shape index (κ1) is 10.3. The fourth-order valence-corrected chi connectivity index (χ4v) is 3.36. The monoisotopic (exact) mass is 220 g/mol. The molecule has 2 unspecified atom stereocenters. The number of aliphatic hydroxyl groups is 1. The Balaban J connectivity index is 2.02. The van der Waals surface area contributed by atoms with Gasteiger partial charge in [0, 0.05) is 5.69 Å². The van der Waals surface area contributed by atoms with Crippen LogP contribution >= 0.6 is 0 Å². The summed E-state index contributed by atoms with van der Waals surface area (Å²) in [4.78, 5) is 4.68. The van der Waals surface area contributed by atoms with E-state index in [2.05, 4.69) is 16.5 Å². The van der Waals surface area contributed by atoms with Gasteiger partial charge in [-0.05, 0) is 51.9 Å². The van der Waals surface area contributed by atoms with Crippen LogP contribution in [-0.2, 0) is 12.8 Å². The molecule has 0 bridgehead atoms. The van der Waals surface area contributed by atoms with Crippen molar-refractivity contribution in [3.8, 4) is 0 Å². The maximum atomic E-state index is 10.0. The Hall–Kier alpha value is -0.830. The van der Waals surface area contributed by atoms with Gasteiger partial charge in [-0.25, -0.2) is 4.98 Å². The molecule has 1 aromatic heterocycles. The van der Waals surface area contributed by atoms with Crippen LogP contribution in [0.5, 0.6) is 0 Å². The van der Waals surface area contributed by atoms with Crippen LogP contribution < -0.4 is 0 Å². The fraction of sp³-hybridized carbons (Fsp3) is 0.769. The Morgan fingerprint density at radius 1 is 1.19 bits per heavy atom. The molecular weight excluding hydrogens is 200 g/mol. The predicted octanol–water partition coefficient (Wildman–Crippen LogP) is 2.16. The molecule has 0 radical (unpaired) electrons. The van der Waals surface area contributed by atoms with E-state index in [0.29, 0.717) is 6.04 Å². The van der Waals surface area contributed by atoms with E-state index in [1.807, 2.05) is 0 Å². The van der Waals surface area contributed by atoms with E-state index >= 15 is 0 Å². The van der Waals surface area contributed by atoms with Crippen LogP contribution in [0.1, 0.15) is 55.4 Å². The van der Waals surface area contributed by atoms with Crippen molar-refractivity contribution in [2.75, 3.05) is 0 Å². The Labute approximate surface area is 96.5 Å². The van der Waals surface area contributed by atoms with E-state index in [1.165, 1.54) is 24.2 Å². The number of fused-ring (bicyclic) bond motifs is 1. The Kier molecular flexibility index (Phi) is 2.51. The molecule has 0 spiro atoms. The molecule has 3 rings (SSSR count). The molecule has 0 saturated heterocycles. The first-order valence-electron chi connectivity index (χ1n) is 6.52. The summed E-state index contributed by atoms with van der Waals surface area (Å²) in [5.74, 6) is 1.11. The van der Waals surface area contributed by atoms with E-state index in [4.69, 9.17) is 0 Å². The van der Waals surface area contributed by atoms with Gasteiger partial charge in [0.15, 0.2) is 0 Å². The number of nitrogens with zero attached hydrogens (tertiary/aromatic N) is 2. The average Bonchev–Trinajstić information content (AvgIpc) is 2.81. The minimum atomic E-state index is -0.154. The van der Waals surface area contributed by atoms with Crippen molar-refractivity contribution < 1.29 is 5.11 Å². The second kappa shape index (κ2) is 3.88. The molecule has 88 valence electrons. The van der Waals surface area contributed by atoms with E-state index < -0.39 is 0 Å². The molecule has 3 heteroatoms. The number of rotatable bonds is 1. The maximum Gasteiger partial charge on any atom is 0.106 e. The number of imidazole rings is 1. The minimum absolute atomic E-state index is 0.154. The third-order valence-corrected chi connectivity index (χ3v) is 4.12. The molecule has 1 N–H and O–H groups in total. The number of hydrogen-bond donors (Lipinski definition) is 1. The largest absolute Gasteiger partial charge is 0.391 e. The standard InChI is InChI=1S/C13H20N2O/c1-9-14-10-5-2-3-6-11(10)15(9)12-7-4-8-13(12)16/h12-13,16H,2-8H2,1H3. The highest BCUT2D eigenvalue weighted by atomic mass is 16.3. The molecule has 2 aliphatic carbocycles. The van der Waals surface area contributed by atoms with Gasteiger partial charge >= 0.3 is 0 Å². The zero-order valence-electron chi connectivity index (χ0n) is 9.95. The number of hydrogen-bond acceptors (Lipinski definition) is 2. The van der Waals surface area contributed by atoms with Gasteiger partial charge in [-0.3, -0.25) is 0 Å². The van der Waals surface area contributed by atoms with Crippen molar-refractivity contribution in [1.29, 1.82) is 0 Å². The molecule has 0 amide bonds. The molecule has 3 nitrogen and oxygen atoms in total. The summed E-state index contributed by atoms with van der Waals surface area (Å²) in [6, 6.07) is 0.300. The fourth-order valence-electron chi connectivity index (χ4n) is 3.36. The summed E-state index contributed by atoms with van der Waals surface area (Å²) in [7, 11) is 0. The topological polar surface area (TPSA) is 38.0 Å². The van der Waals surface area contributed by atoms with Gasteiger partial charge in [-0.15, -0.1) is 0 Å². The van der Waals surface area contributed by atoms with Crippen LogP contribution in [0.25, 0.3) is 0 Å². The average molecular weight is 220 g/mol. The van der Waals surface area contributed by atoms with E-state index in [-0.39, 0.29) is 6.10 Å². The highest BCUT2D eigenvalue weighted by Crippen LogP contribution is 2.34. The lowest BCUT2D eigenvalue weighted by Crippen LogP contribution is -2.22. The summed E-state index contributed by atoms with van der Waals surface area (Å²) >= 11 is 0. The summed E-state index contributed by atoms with van der Waals surface area (Å²) in [6.45, 7) is 2.09. The zero-order valence-corrected chi connectivity index (χ0v) is 9.95. The van der Waals surface area contributed by atoms with Gasteiger partial charge in [0.1, 0.15) is 5.82 Å². The quantitative estimate of drug-likeness (QED) is 0.787. The lowest BCUT2D eigenvalue weighted by Gasteiger charge is -2.22. The molecule has 0 aromatic carbocycles. The molecule has 1 saturated carbocycles. The third-order valence-electron chi connectivity index (χ3n) is 4.12. The first-order chi connectivity index (χ1) is 7.77. The lowest BCUT2D eigenvalue weighted by molar-refractivity contribution is 0.133. The minimum Gasteiger partial charge on any atom is -0.391 e. The molecule has 16 heavy (non-hydrogen) atoms. The van der Waals surface area contributed by atoms with Crippen LogP contribution in [0.15, 0.2) is 0 Å². The van der Waals surface area contributed by atoms with Gasteiger partial charge in [-0.2, -0.15) is 0 Å². The normalized spacial score (nSPS) is 29.4. The van der Waals surface area contributed by atoms with Crippen molar-refractivity contribution in [3.05, 3.63) is 17.2 Å². The molecule has 0 aliphatic heterocycles. The van der Waals surface area contributed by atoms with Crippen molar-refractivity contribution >= 4 is 0 Å². The van der Waals surface area contributed by atoms with Crippen LogP contribution in [0, 0.1) is 6.92 Å². The zero-order chi connectivity index (χ0) is 11.1.